The first kappa shape index (κ1) is 27.6. The number of halogens is 3. The molecule has 0 spiro atoms. The number of alkyl halides is 3. The van der Waals surface area contributed by atoms with E-state index in [-0.39, 0.29) is 29.8 Å². The lowest BCUT2D eigenvalue weighted by molar-refractivity contribution is -0.144. The number of fused-ring (bicyclic) bond motifs is 1. The number of anilines is 1. The molecule has 5 rings (SSSR count). The summed E-state index contributed by atoms with van der Waals surface area (Å²) in [6.07, 6.45) is -4.46. The fourth-order valence-corrected chi connectivity index (χ4v) is 4.79. The van der Waals surface area contributed by atoms with Gasteiger partial charge in [0.25, 0.3) is 11.8 Å². The molecule has 11 heteroatoms. The van der Waals surface area contributed by atoms with E-state index in [1.807, 2.05) is 12.1 Å². The molecule has 0 unspecified atom stereocenters. The van der Waals surface area contributed by atoms with E-state index < -0.39 is 29.7 Å². The molecule has 8 nitrogen and oxygen atoms in total. The summed E-state index contributed by atoms with van der Waals surface area (Å²) in [5.41, 5.74) is 2.99. The first-order chi connectivity index (χ1) is 19.4. The van der Waals surface area contributed by atoms with Gasteiger partial charge >= 0.3 is 12.1 Å². The number of carbonyl (C=O) groups is 3. The lowest BCUT2D eigenvalue weighted by atomic mass is 10.00. The van der Waals surface area contributed by atoms with Crippen molar-refractivity contribution in [3.8, 4) is 22.4 Å². The van der Waals surface area contributed by atoms with Crippen LogP contribution in [-0.2, 0) is 17.5 Å². The number of rotatable bonds is 7. The zero-order valence-corrected chi connectivity index (χ0v) is 21.9. The number of benzene rings is 3. The summed E-state index contributed by atoms with van der Waals surface area (Å²) in [5.74, 6) is -2.33. The highest BCUT2D eigenvalue weighted by Gasteiger charge is 2.38. The van der Waals surface area contributed by atoms with Gasteiger partial charge in [0.05, 0.1) is 5.56 Å². The van der Waals surface area contributed by atoms with Crippen LogP contribution in [0.15, 0.2) is 77.3 Å². The summed E-state index contributed by atoms with van der Waals surface area (Å²) in [6, 6.07) is 17.0. The summed E-state index contributed by atoms with van der Waals surface area (Å²) in [4.78, 5) is 38.8. The molecular weight excluding hydrogens is 539 g/mol. The molecule has 4 aromatic rings. The molecule has 210 valence electrons. The maximum Gasteiger partial charge on any atom is 0.416 e. The smallest absolute Gasteiger partial charge is 0.416 e. The van der Waals surface area contributed by atoms with Gasteiger partial charge in [0.15, 0.2) is 0 Å². The fourth-order valence-electron chi connectivity index (χ4n) is 4.79. The minimum atomic E-state index is -4.46. The van der Waals surface area contributed by atoms with Crippen molar-refractivity contribution in [2.75, 3.05) is 5.32 Å². The first-order valence-electron chi connectivity index (χ1n) is 12.6. The quantitative estimate of drug-likeness (QED) is 0.271. The molecule has 1 aliphatic heterocycles. The van der Waals surface area contributed by atoms with Crippen molar-refractivity contribution in [3.05, 3.63) is 95.2 Å². The summed E-state index contributed by atoms with van der Waals surface area (Å²) in [7, 11) is 0. The number of carboxylic acids is 1. The predicted molar refractivity (Wildman–Crippen MR) is 143 cm³/mol. The molecule has 0 saturated carbocycles. The third-order valence-corrected chi connectivity index (χ3v) is 6.88. The Labute approximate surface area is 232 Å². The Balaban J connectivity index is 1.27. The maximum atomic E-state index is 13.0. The van der Waals surface area contributed by atoms with Crippen molar-refractivity contribution in [1.29, 1.82) is 0 Å². The van der Waals surface area contributed by atoms with Crippen LogP contribution in [0.2, 0.25) is 0 Å². The van der Waals surface area contributed by atoms with Crippen LogP contribution in [0, 0.1) is 5.92 Å². The second kappa shape index (κ2) is 10.6. The van der Waals surface area contributed by atoms with Crippen LogP contribution in [0.1, 0.15) is 45.9 Å². The van der Waals surface area contributed by atoms with Crippen LogP contribution in [0.3, 0.4) is 0 Å². The lowest BCUT2D eigenvalue weighted by Crippen LogP contribution is -2.44. The highest BCUT2D eigenvalue weighted by molar-refractivity contribution is 6.03. The molecule has 2 heterocycles. The van der Waals surface area contributed by atoms with E-state index in [4.69, 9.17) is 4.52 Å². The molecular formula is C30H24F3N3O5. The zero-order valence-electron chi connectivity index (χ0n) is 21.9. The maximum absolute atomic E-state index is 13.0. The minimum absolute atomic E-state index is 0.119. The Morgan fingerprint density at radius 3 is 2.20 bits per heavy atom. The van der Waals surface area contributed by atoms with E-state index in [1.54, 1.807) is 44.2 Å². The Kier molecular flexibility index (Phi) is 7.12. The number of aromatic nitrogens is 1. The topological polar surface area (TPSA) is 113 Å². The zero-order chi connectivity index (χ0) is 29.5. The van der Waals surface area contributed by atoms with Crippen molar-refractivity contribution in [1.82, 2.24) is 10.1 Å². The van der Waals surface area contributed by atoms with E-state index in [1.165, 1.54) is 23.1 Å². The number of nitrogens with one attached hydrogen (secondary N) is 1. The Bertz CT molecular complexity index is 1630. The molecule has 2 N–H and O–H groups in total. The minimum Gasteiger partial charge on any atom is -0.480 e. The number of amides is 2. The summed E-state index contributed by atoms with van der Waals surface area (Å²) in [6.45, 7) is 3.76. The molecule has 1 aromatic heterocycles. The third-order valence-electron chi connectivity index (χ3n) is 6.88. The largest absolute Gasteiger partial charge is 0.480 e. The lowest BCUT2D eigenvalue weighted by Gasteiger charge is -2.27. The number of carbonyl (C=O) groups excluding carboxylic acids is 2. The predicted octanol–water partition coefficient (Wildman–Crippen LogP) is 6.34. The molecule has 3 aromatic carbocycles. The van der Waals surface area contributed by atoms with Gasteiger partial charge in [0.1, 0.15) is 11.7 Å². The highest BCUT2D eigenvalue weighted by Crippen LogP contribution is 2.33. The summed E-state index contributed by atoms with van der Waals surface area (Å²) in [5, 5.41) is 16.1. The van der Waals surface area contributed by atoms with Crippen molar-refractivity contribution in [2.24, 2.45) is 5.92 Å². The molecule has 0 radical (unpaired) electrons. The summed E-state index contributed by atoms with van der Waals surface area (Å²) < 4.78 is 43.5. The van der Waals surface area contributed by atoms with Gasteiger partial charge in [-0.25, -0.2) is 4.79 Å². The Hall–Kier alpha value is -4.93. The van der Waals surface area contributed by atoms with Gasteiger partial charge in [-0.05, 0) is 52.9 Å². The molecule has 41 heavy (non-hydrogen) atoms. The Morgan fingerprint density at radius 1 is 0.951 bits per heavy atom. The first-order valence-corrected chi connectivity index (χ1v) is 12.6. The molecule has 0 aliphatic carbocycles. The average Bonchev–Trinajstić information content (AvgIpc) is 3.54. The Morgan fingerprint density at radius 2 is 1.59 bits per heavy atom. The normalized spacial score (nSPS) is 13.8. The van der Waals surface area contributed by atoms with Gasteiger partial charge < -0.3 is 19.8 Å². The SMILES string of the molecule is CC(C)[C@@H](C(=O)O)N1Cc2ccc(-c3ccc(NC(=O)c4cc(-c5ccc(C(F)(F)F)cc5)no4)cc3)cc2C1=O. The van der Waals surface area contributed by atoms with Crippen molar-refractivity contribution < 1.29 is 37.2 Å². The van der Waals surface area contributed by atoms with E-state index in [2.05, 4.69) is 10.5 Å². The number of nitrogens with zero attached hydrogens (tertiary/aromatic N) is 2. The van der Waals surface area contributed by atoms with E-state index in [9.17, 15) is 32.7 Å². The van der Waals surface area contributed by atoms with Crippen LogP contribution >= 0.6 is 0 Å². The molecule has 0 saturated heterocycles. The van der Waals surface area contributed by atoms with Crippen LogP contribution < -0.4 is 5.32 Å². The highest BCUT2D eigenvalue weighted by atomic mass is 19.4. The van der Waals surface area contributed by atoms with Crippen molar-refractivity contribution >= 4 is 23.5 Å². The van der Waals surface area contributed by atoms with Gasteiger partial charge in [-0.1, -0.05) is 55.4 Å². The third kappa shape index (κ3) is 5.56. The second-order valence-electron chi connectivity index (χ2n) is 10.0. The molecule has 0 fully saturated rings. The van der Waals surface area contributed by atoms with Gasteiger partial charge in [-0.3, -0.25) is 9.59 Å². The van der Waals surface area contributed by atoms with Gasteiger partial charge in [-0.15, -0.1) is 0 Å². The van der Waals surface area contributed by atoms with Crippen LogP contribution in [-0.4, -0.2) is 39.0 Å². The van der Waals surface area contributed by atoms with Crippen molar-refractivity contribution in [3.63, 3.8) is 0 Å². The standard InChI is InChI=1S/C30H24F3N3O5/c1-16(2)26(29(39)40)36-15-20-4-3-19(13-23(20)28(36)38)17-7-11-22(12-8-17)34-27(37)25-14-24(35-41-25)18-5-9-21(10-6-18)30(31,32)33/h3-14,16,26H,15H2,1-2H3,(H,34,37)(H,39,40)/t26-/m0/s1. The molecule has 1 aliphatic rings. The van der Waals surface area contributed by atoms with E-state index in [0.717, 1.165) is 28.8 Å². The molecule has 1 atom stereocenters. The molecule has 2 amide bonds. The van der Waals surface area contributed by atoms with Crippen LogP contribution in [0.5, 0.6) is 0 Å². The fraction of sp³-hybridized carbons (Fsp3) is 0.200. The number of carboxylic acid groups (broad SMARTS) is 1. The van der Waals surface area contributed by atoms with E-state index >= 15 is 0 Å². The number of aliphatic carboxylic acids is 1. The average molecular weight is 564 g/mol. The van der Waals surface area contributed by atoms with Crippen LogP contribution in [0.25, 0.3) is 22.4 Å². The number of hydrogen-bond acceptors (Lipinski definition) is 5. The van der Waals surface area contributed by atoms with E-state index in [0.29, 0.717) is 16.8 Å². The van der Waals surface area contributed by atoms with Crippen molar-refractivity contribution in [2.45, 2.75) is 32.6 Å². The molecule has 0 bridgehead atoms. The van der Waals surface area contributed by atoms with Gasteiger partial charge in [0.2, 0.25) is 5.76 Å². The summed E-state index contributed by atoms with van der Waals surface area (Å²) >= 11 is 0. The van der Waals surface area contributed by atoms with Gasteiger partial charge in [0, 0.05) is 29.4 Å². The van der Waals surface area contributed by atoms with Crippen LogP contribution in [0.4, 0.5) is 18.9 Å². The second-order valence-corrected chi connectivity index (χ2v) is 10.0. The van der Waals surface area contributed by atoms with Gasteiger partial charge in [-0.2, -0.15) is 13.2 Å². The monoisotopic (exact) mass is 563 g/mol. The number of hydrogen-bond donors (Lipinski definition) is 2.